The Kier molecular flexibility index (Phi) is 9.55. The van der Waals surface area contributed by atoms with Gasteiger partial charge in [0.05, 0.1) is 20.3 Å². The summed E-state index contributed by atoms with van der Waals surface area (Å²) in [4.78, 5) is 29.8. The maximum absolute atomic E-state index is 12.8. The Morgan fingerprint density at radius 2 is 1.47 bits per heavy atom. The maximum atomic E-state index is 12.8. The van der Waals surface area contributed by atoms with Gasteiger partial charge in [0.1, 0.15) is 6.61 Å². The fraction of sp³-hybridized carbons (Fsp3) is 0.250. The summed E-state index contributed by atoms with van der Waals surface area (Å²) in [6.45, 7) is 2.69. The van der Waals surface area contributed by atoms with Crippen LogP contribution in [0.2, 0.25) is 0 Å². The molecule has 0 aliphatic heterocycles. The Labute approximate surface area is 200 Å². The second-order valence-electron chi connectivity index (χ2n) is 7.93. The summed E-state index contributed by atoms with van der Waals surface area (Å²) in [5.41, 5.74) is 3.50. The molecule has 34 heavy (non-hydrogen) atoms. The first-order valence-electron chi connectivity index (χ1n) is 11.1. The van der Waals surface area contributed by atoms with Crippen molar-refractivity contribution in [2.24, 2.45) is 11.1 Å². The van der Waals surface area contributed by atoms with E-state index in [1.54, 1.807) is 0 Å². The molecule has 176 valence electrons. The molecule has 0 N–H and O–H groups in total. The Hall–Kier alpha value is -3.77. The van der Waals surface area contributed by atoms with Crippen LogP contribution >= 0.6 is 0 Å². The van der Waals surface area contributed by atoms with Crippen LogP contribution in [0.15, 0.2) is 90.1 Å². The Bertz CT molecular complexity index is 1100. The van der Waals surface area contributed by atoms with E-state index >= 15 is 0 Å². The van der Waals surface area contributed by atoms with E-state index in [-0.39, 0.29) is 24.0 Å². The molecule has 0 bridgehead atoms. The van der Waals surface area contributed by atoms with Gasteiger partial charge in [-0.1, -0.05) is 84.0 Å². The molecule has 0 fully saturated rings. The highest BCUT2D eigenvalue weighted by Gasteiger charge is 2.15. The number of oxime groups is 1. The van der Waals surface area contributed by atoms with Crippen molar-refractivity contribution >= 4 is 17.5 Å². The molecular weight excluding hydrogens is 430 g/mol. The highest BCUT2D eigenvalue weighted by atomic mass is 16.6. The molecule has 0 amide bonds. The minimum absolute atomic E-state index is 0.0196. The Morgan fingerprint density at radius 1 is 0.824 bits per heavy atom. The van der Waals surface area contributed by atoms with Crippen molar-refractivity contribution in [2.75, 3.05) is 20.3 Å². The van der Waals surface area contributed by atoms with Crippen molar-refractivity contribution in [3.63, 3.8) is 0 Å². The molecule has 0 aliphatic carbocycles. The number of methoxy groups -OCH3 is 1. The number of carbonyl (C=O) groups excluding carboxylic acids is 2. The van der Waals surface area contributed by atoms with Crippen molar-refractivity contribution < 1.29 is 23.9 Å². The van der Waals surface area contributed by atoms with Crippen molar-refractivity contribution in [1.82, 2.24) is 0 Å². The van der Waals surface area contributed by atoms with Gasteiger partial charge in [-0.2, -0.15) is 0 Å². The van der Waals surface area contributed by atoms with Gasteiger partial charge in [0.25, 0.3) is 0 Å². The Morgan fingerprint density at radius 3 is 2.18 bits per heavy atom. The van der Waals surface area contributed by atoms with Gasteiger partial charge >= 0.3 is 5.97 Å². The number of hydrogen-bond acceptors (Lipinski definition) is 6. The summed E-state index contributed by atoms with van der Waals surface area (Å²) >= 11 is 0. The van der Waals surface area contributed by atoms with Gasteiger partial charge in [-0.15, -0.1) is 0 Å². The van der Waals surface area contributed by atoms with Crippen molar-refractivity contribution in [3.05, 3.63) is 107 Å². The molecule has 6 heteroatoms. The standard InChI is InChI=1S/C28H29NO5/c1-21(28(31)32-2)29-34-20-24(19-33-18-22-10-5-3-6-11-22)16-23-12-9-15-26(17-23)27(30)25-13-7-4-8-14-25/h3-15,17,24H,16,18-20H2,1-2H3/b29-21+. The zero-order valence-electron chi connectivity index (χ0n) is 19.5. The molecule has 6 nitrogen and oxygen atoms in total. The number of ketones is 1. The van der Waals surface area contributed by atoms with Gasteiger partial charge in [0, 0.05) is 17.0 Å². The molecule has 1 unspecified atom stereocenters. The van der Waals surface area contributed by atoms with Gasteiger partial charge in [0.2, 0.25) is 0 Å². The van der Waals surface area contributed by atoms with E-state index in [9.17, 15) is 9.59 Å². The molecule has 0 spiro atoms. The first-order valence-corrected chi connectivity index (χ1v) is 11.1. The lowest BCUT2D eigenvalue weighted by Gasteiger charge is -2.17. The van der Waals surface area contributed by atoms with E-state index in [0.29, 0.717) is 30.8 Å². The largest absolute Gasteiger partial charge is 0.464 e. The molecule has 3 rings (SSSR count). The predicted molar refractivity (Wildman–Crippen MR) is 131 cm³/mol. The van der Waals surface area contributed by atoms with E-state index in [0.717, 1.165) is 11.1 Å². The predicted octanol–water partition coefficient (Wildman–Crippen LogP) is 4.86. The van der Waals surface area contributed by atoms with E-state index in [1.807, 2.05) is 84.9 Å². The topological polar surface area (TPSA) is 74.2 Å². The number of hydrogen-bond donors (Lipinski definition) is 0. The summed E-state index contributed by atoms with van der Waals surface area (Å²) in [5, 5.41) is 3.86. The lowest BCUT2D eigenvalue weighted by atomic mass is 9.96. The van der Waals surface area contributed by atoms with Crippen LogP contribution in [0, 0.1) is 5.92 Å². The third-order valence-electron chi connectivity index (χ3n) is 5.21. The number of carbonyl (C=O) groups is 2. The van der Waals surface area contributed by atoms with Crippen LogP contribution in [0.4, 0.5) is 0 Å². The van der Waals surface area contributed by atoms with Crippen LogP contribution in [-0.4, -0.2) is 37.8 Å². The van der Waals surface area contributed by atoms with Crippen molar-refractivity contribution in [3.8, 4) is 0 Å². The lowest BCUT2D eigenvalue weighted by Crippen LogP contribution is -2.19. The third kappa shape index (κ3) is 7.67. The second-order valence-corrected chi connectivity index (χ2v) is 7.93. The number of benzene rings is 3. The van der Waals surface area contributed by atoms with Gasteiger partial charge in [-0.05, 0) is 30.5 Å². The molecule has 0 heterocycles. The van der Waals surface area contributed by atoms with Crippen molar-refractivity contribution in [2.45, 2.75) is 20.0 Å². The normalized spacial score (nSPS) is 12.1. The molecule has 0 saturated carbocycles. The molecule has 0 aliphatic rings. The molecule has 0 radical (unpaired) electrons. The second kappa shape index (κ2) is 13.1. The van der Waals surface area contributed by atoms with E-state index in [1.165, 1.54) is 14.0 Å². The first-order chi connectivity index (χ1) is 16.6. The molecule has 1 atom stereocenters. The average Bonchev–Trinajstić information content (AvgIpc) is 2.88. The molecule has 3 aromatic carbocycles. The molecule has 0 saturated heterocycles. The SMILES string of the molecule is COC(=O)/C(C)=N/OCC(COCc1ccccc1)Cc1cccc(C(=O)c2ccccc2)c1. The van der Waals surface area contributed by atoms with Crippen LogP contribution in [0.3, 0.4) is 0 Å². The monoisotopic (exact) mass is 459 g/mol. The van der Waals surface area contributed by atoms with E-state index in [2.05, 4.69) is 9.89 Å². The van der Waals surface area contributed by atoms with Crippen LogP contribution in [0.25, 0.3) is 0 Å². The Balaban J connectivity index is 1.68. The molecule has 3 aromatic rings. The van der Waals surface area contributed by atoms with E-state index in [4.69, 9.17) is 9.57 Å². The third-order valence-corrected chi connectivity index (χ3v) is 5.21. The lowest BCUT2D eigenvalue weighted by molar-refractivity contribution is -0.133. The first kappa shape index (κ1) is 24.9. The van der Waals surface area contributed by atoms with Crippen LogP contribution in [0.5, 0.6) is 0 Å². The van der Waals surface area contributed by atoms with Gasteiger partial charge < -0.3 is 14.3 Å². The number of esters is 1. The van der Waals surface area contributed by atoms with Gasteiger partial charge in [0.15, 0.2) is 11.5 Å². The fourth-order valence-electron chi connectivity index (χ4n) is 3.44. The minimum Gasteiger partial charge on any atom is -0.464 e. The quantitative estimate of drug-likeness (QED) is 0.167. The highest BCUT2D eigenvalue weighted by molar-refractivity contribution is 6.35. The van der Waals surface area contributed by atoms with Crippen LogP contribution < -0.4 is 0 Å². The molecular formula is C28H29NO5. The van der Waals surface area contributed by atoms with Crippen LogP contribution in [0.1, 0.15) is 34.0 Å². The number of nitrogens with zero attached hydrogens (tertiary/aromatic N) is 1. The minimum atomic E-state index is -0.538. The van der Waals surface area contributed by atoms with Crippen molar-refractivity contribution in [1.29, 1.82) is 0 Å². The summed E-state index contributed by atoms with van der Waals surface area (Å²) < 4.78 is 10.6. The summed E-state index contributed by atoms with van der Waals surface area (Å²) in [6, 6.07) is 26.7. The smallest absolute Gasteiger partial charge is 0.355 e. The summed E-state index contributed by atoms with van der Waals surface area (Å²) in [7, 11) is 1.30. The molecule has 0 aromatic heterocycles. The fourth-order valence-corrected chi connectivity index (χ4v) is 3.44. The number of ether oxygens (including phenoxy) is 2. The summed E-state index contributed by atoms with van der Waals surface area (Å²) in [6.07, 6.45) is 0.623. The zero-order valence-corrected chi connectivity index (χ0v) is 19.5. The van der Waals surface area contributed by atoms with Crippen LogP contribution in [-0.2, 0) is 32.1 Å². The van der Waals surface area contributed by atoms with Gasteiger partial charge in [-0.3, -0.25) is 4.79 Å². The highest BCUT2D eigenvalue weighted by Crippen LogP contribution is 2.16. The number of rotatable bonds is 12. The van der Waals surface area contributed by atoms with Gasteiger partial charge in [-0.25, -0.2) is 4.79 Å². The summed E-state index contributed by atoms with van der Waals surface area (Å²) in [5.74, 6) is -0.599. The zero-order chi connectivity index (χ0) is 24.2. The average molecular weight is 460 g/mol. The van der Waals surface area contributed by atoms with E-state index < -0.39 is 5.97 Å². The maximum Gasteiger partial charge on any atom is 0.355 e.